The molecule has 0 bridgehead atoms. The van der Waals surface area contributed by atoms with Crippen LogP contribution in [0.25, 0.3) is 11.5 Å². The van der Waals surface area contributed by atoms with Crippen LogP contribution in [0.1, 0.15) is 44.9 Å². The van der Waals surface area contributed by atoms with Gasteiger partial charge in [-0.05, 0) is 58.6 Å². The number of hydrogen-bond acceptors (Lipinski definition) is 6. The van der Waals surface area contributed by atoms with E-state index in [0.29, 0.717) is 5.82 Å². The van der Waals surface area contributed by atoms with Gasteiger partial charge in [-0.1, -0.05) is 6.07 Å². The summed E-state index contributed by atoms with van der Waals surface area (Å²) in [5.74, 6) is 1.68. The molecule has 1 atom stereocenters. The largest absolute Gasteiger partial charge is 0.444 e. The lowest BCUT2D eigenvalue weighted by Gasteiger charge is -2.23. The van der Waals surface area contributed by atoms with Crippen LogP contribution in [0.3, 0.4) is 0 Å². The molecule has 1 aliphatic carbocycles. The number of fused-ring (bicyclic) bond motifs is 1. The Bertz CT molecular complexity index is 863. The van der Waals surface area contributed by atoms with Gasteiger partial charge < -0.3 is 15.0 Å². The number of anilines is 1. The summed E-state index contributed by atoms with van der Waals surface area (Å²) < 4.78 is 5.39. The lowest BCUT2D eigenvalue weighted by molar-refractivity contribution is 0.0509. The van der Waals surface area contributed by atoms with Gasteiger partial charge in [0.15, 0.2) is 5.82 Å². The molecule has 2 aromatic heterocycles. The second-order valence-electron chi connectivity index (χ2n) is 8.44. The molecule has 1 aliphatic heterocycles. The molecule has 1 N–H and O–H groups in total. The highest BCUT2D eigenvalue weighted by Crippen LogP contribution is 2.32. The van der Waals surface area contributed by atoms with Crippen molar-refractivity contribution < 1.29 is 9.53 Å². The fourth-order valence-corrected chi connectivity index (χ4v) is 3.83. The number of nitrogens with one attached hydrogen (secondary N) is 1. The van der Waals surface area contributed by atoms with Gasteiger partial charge in [0.05, 0.1) is 6.04 Å². The highest BCUT2D eigenvalue weighted by atomic mass is 16.6. The summed E-state index contributed by atoms with van der Waals surface area (Å²) in [7, 11) is 0. The molecule has 0 spiro atoms. The number of amides is 1. The lowest BCUT2D eigenvalue weighted by atomic mass is 10.2. The summed E-state index contributed by atoms with van der Waals surface area (Å²) in [6.07, 6.45) is 5.38. The van der Waals surface area contributed by atoms with E-state index in [-0.39, 0.29) is 12.1 Å². The Labute approximate surface area is 165 Å². The monoisotopic (exact) mass is 381 g/mol. The van der Waals surface area contributed by atoms with Crippen LogP contribution >= 0.6 is 0 Å². The Morgan fingerprint density at radius 1 is 1.25 bits per heavy atom. The van der Waals surface area contributed by atoms with Crippen molar-refractivity contribution in [1.29, 1.82) is 0 Å². The molecule has 0 unspecified atom stereocenters. The van der Waals surface area contributed by atoms with E-state index in [2.05, 4.69) is 15.2 Å². The average Bonchev–Trinajstić information content (AvgIpc) is 3.29. The molecule has 7 heteroatoms. The molecule has 0 radical (unpaired) electrons. The number of hydrogen-bond donors (Lipinski definition) is 1. The molecule has 4 rings (SSSR count). The molecule has 28 heavy (non-hydrogen) atoms. The van der Waals surface area contributed by atoms with Crippen LogP contribution in [0.15, 0.2) is 24.4 Å². The number of alkyl carbamates (subject to hydrolysis) is 1. The summed E-state index contributed by atoms with van der Waals surface area (Å²) in [4.78, 5) is 28.4. The van der Waals surface area contributed by atoms with Crippen LogP contribution in [0.5, 0.6) is 0 Å². The van der Waals surface area contributed by atoms with Crippen molar-refractivity contribution in [2.75, 3.05) is 18.0 Å². The van der Waals surface area contributed by atoms with Gasteiger partial charge in [-0.25, -0.2) is 14.8 Å². The summed E-state index contributed by atoms with van der Waals surface area (Å²) in [5.41, 5.74) is 2.68. The van der Waals surface area contributed by atoms with E-state index >= 15 is 0 Å². The summed E-state index contributed by atoms with van der Waals surface area (Å²) in [5, 5.41) is 2.99. The minimum atomic E-state index is -0.493. The first-order valence-electron chi connectivity index (χ1n) is 9.95. The first-order chi connectivity index (χ1) is 13.4. The maximum Gasteiger partial charge on any atom is 0.407 e. The average molecular weight is 381 g/mol. The normalized spacial score (nSPS) is 18.8. The smallest absolute Gasteiger partial charge is 0.407 e. The Hall–Kier alpha value is -2.70. The first kappa shape index (κ1) is 18.7. The molecule has 7 nitrogen and oxygen atoms in total. The first-order valence-corrected chi connectivity index (χ1v) is 9.95. The molecule has 2 aromatic rings. The zero-order valence-corrected chi connectivity index (χ0v) is 16.7. The number of aromatic nitrogens is 3. The van der Waals surface area contributed by atoms with Gasteiger partial charge in [0.25, 0.3) is 0 Å². The van der Waals surface area contributed by atoms with Gasteiger partial charge in [-0.15, -0.1) is 0 Å². The number of rotatable bonds is 3. The Morgan fingerprint density at radius 2 is 2.11 bits per heavy atom. The van der Waals surface area contributed by atoms with Crippen molar-refractivity contribution in [2.45, 2.75) is 58.1 Å². The van der Waals surface area contributed by atoms with Crippen molar-refractivity contribution in [3.63, 3.8) is 0 Å². The van der Waals surface area contributed by atoms with Crippen molar-refractivity contribution in [3.8, 4) is 11.5 Å². The number of nitrogens with zero attached hydrogens (tertiary/aromatic N) is 4. The van der Waals surface area contributed by atoms with Gasteiger partial charge in [0, 0.05) is 30.5 Å². The Balaban J connectivity index is 1.53. The second kappa shape index (κ2) is 7.37. The van der Waals surface area contributed by atoms with Gasteiger partial charge in [-0.2, -0.15) is 0 Å². The zero-order chi connectivity index (χ0) is 19.7. The molecular formula is C21H27N5O2. The summed E-state index contributed by atoms with van der Waals surface area (Å²) in [6, 6.07) is 5.85. The minimum Gasteiger partial charge on any atom is -0.444 e. The van der Waals surface area contributed by atoms with Crippen LogP contribution < -0.4 is 10.2 Å². The van der Waals surface area contributed by atoms with Crippen molar-refractivity contribution >= 4 is 11.9 Å². The fraction of sp³-hybridized carbons (Fsp3) is 0.524. The van der Waals surface area contributed by atoms with Gasteiger partial charge in [0.1, 0.15) is 17.1 Å². The molecule has 3 heterocycles. The third-order valence-electron chi connectivity index (χ3n) is 5.01. The molecule has 1 amide bonds. The van der Waals surface area contributed by atoms with Crippen molar-refractivity contribution in [2.24, 2.45) is 0 Å². The van der Waals surface area contributed by atoms with E-state index in [0.717, 1.165) is 56.0 Å². The summed E-state index contributed by atoms with van der Waals surface area (Å²) in [6.45, 7) is 7.19. The molecule has 2 aliphatic rings. The third-order valence-corrected chi connectivity index (χ3v) is 5.01. The molecule has 148 valence electrons. The van der Waals surface area contributed by atoms with Crippen LogP contribution in [-0.4, -0.2) is 45.8 Å². The van der Waals surface area contributed by atoms with E-state index < -0.39 is 5.60 Å². The molecule has 1 saturated heterocycles. The number of pyridine rings is 1. The maximum absolute atomic E-state index is 12.1. The number of carbonyl (C=O) groups excluding carboxylic acids is 1. The topological polar surface area (TPSA) is 80.2 Å². The van der Waals surface area contributed by atoms with Crippen molar-refractivity contribution in [3.05, 3.63) is 35.7 Å². The highest BCUT2D eigenvalue weighted by molar-refractivity contribution is 5.68. The molecule has 0 saturated carbocycles. The second-order valence-corrected chi connectivity index (χ2v) is 8.44. The predicted octanol–water partition coefficient (Wildman–Crippen LogP) is 3.13. The van der Waals surface area contributed by atoms with Gasteiger partial charge in [0.2, 0.25) is 0 Å². The zero-order valence-electron chi connectivity index (χ0n) is 16.7. The SMILES string of the molecule is CC(C)(C)OC(=O)N[C@H]1CCN(c2nc(-c3ccccn3)nc3c2CCC3)C1. The van der Waals surface area contributed by atoms with Crippen LogP contribution in [-0.2, 0) is 17.6 Å². The predicted molar refractivity (Wildman–Crippen MR) is 107 cm³/mol. The highest BCUT2D eigenvalue weighted by Gasteiger charge is 2.30. The van der Waals surface area contributed by atoms with E-state index in [1.54, 1.807) is 6.20 Å². The number of carbonyl (C=O) groups is 1. The minimum absolute atomic E-state index is 0.0557. The Morgan fingerprint density at radius 3 is 2.86 bits per heavy atom. The maximum atomic E-state index is 12.1. The Kier molecular flexibility index (Phi) is 4.91. The standard InChI is InChI=1S/C21H27N5O2/c1-21(2,3)28-20(27)23-14-10-12-26(13-14)19-15-7-6-9-16(15)24-18(25-19)17-8-4-5-11-22-17/h4-5,8,11,14H,6-7,9-10,12-13H2,1-3H3,(H,23,27)/t14-/m0/s1. The van der Waals surface area contributed by atoms with E-state index in [9.17, 15) is 4.79 Å². The fourth-order valence-electron chi connectivity index (χ4n) is 3.83. The molecule has 1 fully saturated rings. The molecule has 0 aromatic carbocycles. The third kappa shape index (κ3) is 4.08. The van der Waals surface area contributed by atoms with Gasteiger partial charge in [-0.3, -0.25) is 4.98 Å². The number of ether oxygens (including phenoxy) is 1. The van der Waals surface area contributed by atoms with Crippen LogP contribution in [0.4, 0.5) is 10.6 Å². The summed E-state index contributed by atoms with van der Waals surface area (Å²) >= 11 is 0. The van der Waals surface area contributed by atoms with Crippen LogP contribution in [0, 0.1) is 0 Å². The van der Waals surface area contributed by atoms with E-state index in [4.69, 9.17) is 14.7 Å². The van der Waals surface area contributed by atoms with E-state index in [1.165, 1.54) is 5.56 Å². The quantitative estimate of drug-likeness (QED) is 0.880. The number of aryl methyl sites for hydroxylation is 1. The van der Waals surface area contributed by atoms with Crippen molar-refractivity contribution in [1.82, 2.24) is 20.3 Å². The molecular weight excluding hydrogens is 354 g/mol. The lowest BCUT2D eigenvalue weighted by Crippen LogP contribution is -2.40. The van der Waals surface area contributed by atoms with E-state index in [1.807, 2.05) is 39.0 Å². The van der Waals surface area contributed by atoms with Gasteiger partial charge >= 0.3 is 6.09 Å². The van der Waals surface area contributed by atoms with Crippen LogP contribution in [0.2, 0.25) is 0 Å².